The second kappa shape index (κ2) is 5.32. The van der Waals surface area contributed by atoms with Crippen molar-refractivity contribution in [1.82, 2.24) is 10.1 Å². The van der Waals surface area contributed by atoms with E-state index in [9.17, 15) is 4.79 Å². The molecule has 3 rings (SSSR count). The van der Waals surface area contributed by atoms with Gasteiger partial charge in [-0.15, -0.1) is 0 Å². The lowest BCUT2D eigenvalue weighted by molar-refractivity contribution is 0.0991. The van der Waals surface area contributed by atoms with Gasteiger partial charge in [-0.3, -0.25) is 4.79 Å². The number of carbonyl (C=O) groups excluding carboxylic acids is 1. The molecule has 6 heteroatoms. The number of ether oxygens (including phenoxy) is 1. The van der Waals surface area contributed by atoms with Crippen LogP contribution in [-0.4, -0.2) is 23.2 Å². The topological polar surface area (TPSA) is 94.1 Å². The monoisotopic (exact) mass is 285 g/mol. The zero-order chi connectivity index (χ0) is 14.8. The van der Waals surface area contributed by atoms with E-state index in [4.69, 9.17) is 15.0 Å². The summed E-state index contributed by atoms with van der Waals surface area (Å²) in [5.74, 6) is 0.244. The van der Waals surface area contributed by atoms with Crippen LogP contribution >= 0.6 is 0 Å². The summed E-state index contributed by atoms with van der Waals surface area (Å²) >= 11 is 0. The van der Waals surface area contributed by atoms with Crippen LogP contribution in [0.25, 0.3) is 10.9 Å². The number of fused-ring (bicyclic) bond motifs is 1. The van der Waals surface area contributed by atoms with Gasteiger partial charge in [0.2, 0.25) is 0 Å². The van der Waals surface area contributed by atoms with Crippen LogP contribution in [0.3, 0.4) is 0 Å². The maximum absolute atomic E-state index is 11.2. The van der Waals surface area contributed by atoms with Crippen LogP contribution in [0.4, 0.5) is 0 Å². The molecular weight excluding hydrogens is 270 g/mol. The first-order valence-corrected chi connectivity index (χ1v) is 6.56. The number of aromatic amines is 1. The number of H-pyrrole nitrogens is 1. The number of nitrogens with one attached hydrogen (secondary N) is 1. The van der Waals surface area contributed by atoms with Gasteiger partial charge in [0.1, 0.15) is 12.0 Å². The predicted molar refractivity (Wildman–Crippen MR) is 77.3 cm³/mol. The Labute approximate surface area is 120 Å². The SMILES string of the molecule is COc1ccc2c(CCc3conc3C(N)=O)c[nH]c2c1. The molecule has 3 aromatic rings. The minimum Gasteiger partial charge on any atom is -0.497 e. The van der Waals surface area contributed by atoms with Gasteiger partial charge in [-0.1, -0.05) is 5.16 Å². The largest absolute Gasteiger partial charge is 0.497 e. The highest BCUT2D eigenvalue weighted by atomic mass is 16.5. The van der Waals surface area contributed by atoms with Gasteiger partial charge in [0.15, 0.2) is 5.69 Å². The Morgan fingerprint density at radius 1 is 1.38 bits per heavy atom. The highest BCUT2D eigenvalue weighted by molar-refractivity contribution is 5.92. The van der Waals surface area contributed by atoms with E-state index in [0.717, 1.165) is 34.2 Å². The minimum atomic E-state index is -0.567. The Balaban J connectivity index is 1.82. The Morgan fingerprint density at radius 3 is 2.95 bits per heavy atom. The van der Waals surface area contributed by atoms with Crippen molar-refractivity contribution in [2.24, 2.45) is 5.73 Å². The summed E-state index contributed by atoms with van der Waals surface area (Å²) in [7, 11) is 1.64. The maximum atomic E-state index is 11.2. The van der Waals surface area contributed by atoms with Gasteiger partial charge >= 0.3 is 0 Å². The van der Waals surface area contributed by atoms with E-state index in [2.05, 4.69) is 10.1 Å². The zero-order valence-electron chi connectivity index (χ0n) is 11.6. The van der Waals surface area contributed by atoms with Crippen molar-refractivity contribution in [2.45, 2.75) is 12.8 Å². The highest BCUT2D eigenvalue weighted by Crippen LogP contribution is 2.24. The van der Waals surface area contributed by atoms with E-state index in [1.807, 2.05) is 24.4 Å². The van der Waals surface area contributed by atoms with Gasteiger partial charge in [0.25, 0.3) is 5.91 Å². The summed E-state index contributed by atoms with van der Waals surface area (Å²) in [5.41, 5.74) is 8.36. The molecule has 0 radical (unpaired) electrons. The van der Waals surface area contributed by atoms with Gasteiger partial charge < -0.3 is 20.0 Å². The first-order valence-electron chi connectivity index (χ1n) is 6.56. The molecule has 0 aliphatic rings. The first kappa shape index (κ1) is 13.2. The molecule has 108 valence electrons. The van der Waals surface area contributed by atoms with Crippen molar-refractivity contribution in [2.75, 3.05) is 7.11 Å². The second-order valence-corrected chi connectivity index (χ2v) is 4.78. The van der Waals surface area contributed by atoms with Gasteiger partial charge in [0, 0.05) is 28.7 Å². The lowest BCUT2D eigenvalue weighted by Gasteiger charge is -2.01. The van der Waals surface area contributed by atoms with Crippen LogP contribution in [0.2, 0.25) is 0 Å². The Kier molecular flexibility index (Phi) is 3.35. The molecule has 2 aromatic heterocycles. The van der Waals surface area contributed by atoms with Crippen LogP contribution in [0.1, 0.15) is 21.6 Å². The molecule has 0 bridgehead atoms. The minimum absolute atomic E-state index is 0.205. The van der Waals surface area contributed by atoms with Crippen LogP contribution < -0.4 is 10.5 Å². The average molecular weight is 285 g/mol. The number of amides is 1. The molecule has 0 aliphatic carbocycles. The van der Waals surface area contributed by atoms with Crippen molar-refractivity contribution < 1.29 is 14.1 Å². The molecule has 6 nitrogen and oxygen atoms in total. The van der Waals surface area contributed by atoms with Gasteiger partial charge in [-0.25, -0.2) is 0 Å². The fourth-order valence-corrected chi connectivity index (χ4v) is 2.41. The third-order valence-corrected chi connectivity index (χ3v) is 3.51. The molecule has 3 N–H and O–H groups in total. The molecule has 0 fully saturated rings. The van der Waals surface area contributed by atoms with Crippen LogP contribution in [0, 0.1) is 0 Å². The molecule has 0 spiro atoms. The third-order valence-electron chi connectivity index (χ3n) is 3.51. The fourth-order valence-electron chi connectivity index (χ4n) is 2.41. The number of hydrogen-bond acceptors (Lipinski definition) is 4. The van der Waals surface area contributed by atoms with E-state index < -0.39 is 5.91 Å². The number of nitrogens with zero attached hydrogens (tertiary/aromatic N) is 1. The molecule has 0 saturated carbocycles. The molecular formula is C15H15N3O3. The summed E-state index contributed by atoms with van der Waals surface area (Å²) < 4.78 is 10.0. The van der Waals surface area contributed by atoms with Crippen molar-refractivity contribution in [3.05, 3.63) is 47.5 Å². The molecule has 0 saturated heterocycles. The number of primary amides is 1. The summed E-state index contributed by atoms with van der Waals surface area (Å²) in [6.45, 7) is 0. The van der Waals surface area contributed by atoms with E-state index in [-0.39, 0.29) is 5.69 Å². The lowest BCUT2D eigenvalue weighted by atomic mass is 10.0. The first-order chi connectivity index (χ1) is 10.2. The summed E-state index contributed by atoms with van der Waals surface area (Å²) in [4.78, 5) is 14.4. The molecule has 1 amide bonds. The number of nitrogens with two attached hydrogens (primary N) is 1. The highest BCUT2D eigenvalue weighted by Gasteiger charge is 2.14. The number of rotatable bonds is 5. The molecule has 0 unspecified atom stereocenters. The standard InChI is InChI=1S/C15H15N3O3/c1-20-11-4-5-12-9(7-17-13(12)6-11)2-3-10-8-21-18-14(10)15(16)19/h4-8,17H,2-3H2,1H3,(H2,16,19). The summed E-state index contributed by atoms with van der Waals surface area (Å²) in [6, 6.07) is 5.89. The maximum Gasteiger partial charge on any atom is 0.271 e. The number of carbonyl (C=O) groups is 1. The van der Waals surface area contributed by atoms with Crippen molar-refractivity contribution >= 4 is 16.8 Å². The van der Waals surface area contributed by atoms with Crippen molar-refractivity contribution in [1.29, 1.82) is 0 Å². The number of aryl methyl sites for hydroxylation is 2. The number of aromatic nitrogens is 2. The third kappa shape index (κ3) is 2.47. The van der Waals surface area contributed by atoms with E-state index >= 15 is 0 Å². The smallest absolute Gasteiger partial charge is 0.271 e. The van der Waals surface area contributed by atoms with Crippen molar-refractivity contribution in [3.63, 3.8) is 0 Å². The van der Waals surface area contributed by atoms with E-state index in [1.165, 1.54) is 6.26 Å². The average Bonchev–Trinajstić information content (AvgIpc) is 3.11. The zero-order valence-corrected chi connectivity index (χ0v) is 11.6. The van der Waals surface area contributed by atoms with Crippen LogP contribution in [0.5, 0.6) is 5.75 Å². The molecule has 1 aromatic carbocycles. The predicted octanol–water partition coefficient (Wildman–Crippen LogP) is 2.05. The molecule has 0 aliphatic heterocycles. The van der Waals surface area contributed by atoms with Gasteiger partial charge in [0.05, 0.1) is 7.11 Å². The second-order valence-electron chi connectivity index (χ2n) is 4.78. The fraction of sp³-hybridized carbons (Fsp3) is 0.200. The lowest BCUT2D eigenvalue weighted by Crippen LogP contribution is -2.13. The van der Waals surface area contributed by atoms with Gasteiger partial charge in [-0.05, 0) is 30.5 Å². The quantitative estimate of drug-likeness (QED) is 0.750. The van der Waals surface area contributed by atoms with Crippen LogP contribution in [0.15, 0.2) is 35.2 Å². The number of methoxy groups -OCH3 is 1. The van der Waals surface area contributed by atoms with Gasteiger partial charge in [-0.2, -0.15) is 0 Å². The van der Waals surface area contributed by atoms with E-state index in [1.54, 1.807) is 7.11 Å². The summed E-state index contributed by atoms with van der Waals surface area (Å²) in [5, 5.41) is 4.76. The Hall–Kier alpha value is -2.76. The molecule has 2 heterocycles. The van der Waals surface area contributed by atoms with Crippen LogP contribution in [-0.2, 0) is 12.8 Å². The Morgan fingerprint density at radius 2 is 2.19 bits per heavy atom. The normalized spacial score (nSPS) is 10.9. The molecule has 0 atom stereocenters. The summed E-state index contributed by atoms with van der Waals surface area (Å²) in [6.07, 6.45) is 4.83. The van der Waals surface area contributed by atoms with E-state index in [0.29, 0.717) is 6.42 Å². The molecule has 21 heavy (non-hydrogen) atoms. The number of hydrogen-bond donors (Lipinski definition) is 2. The number of benzene rings is 1. The van der Waals surface area contributed by atoms with Crippen molar-refractivity contribution in [3.8, 4) is 5.75 Å². The Bertz CT molecular complexity index is 788.